The minimum Gasteiger partial charge on any atom is -0.468 e. The lowest BCUT2D eigenvalue weighted by Gasteiger charge is -2.52. The summed E-state index contributed by atoms with van der Waals surface area (Å²) in [4.78, 5) is 56.4. The van der Waals surface area contributed by atoms with E-state index < -0.39 is 23.4 Å². The first-order valence-corrected chi connectivity index (χ1v) is 16.2. The van der Waals surface area contributed by atoms with Gasteiger partial charge in [-0.15, -0.1) is 0 Å². The van der Waals surface area contributed by atoms with Gasteiger partial charge < -0.3 is 24.6 Å². The fourth-order valence-corrected chi connectivity index (χ4v) is 7.73. The van der Waals surface area contributed by atoms with Gasteiger partial charge in [-0.05, 0) is 68.7 Å². The van der Waals surface area contributed by atoms with E-state index in [0.29, 0.717) is 53.2 Å². The van der Waals surface area contributed by atoms with Gasteiger partial charge in [0.05, 0.1) is 25.9 Å². The molecule has 0 aromatic heterocycles. The van der Waals surface area contributed by atoms with Crippen LogP contribution >= 0.6 is 23.2 Å². The zero-order valence-electron chi connectivity index (χ0n) is 24.9. The molecule has 4 aliphatic rings. The highest BCUT2D eigenvalue weighted by atomic mass is 35.5. The Balaban J connectivity index is 1.41. The predicted molar refractivity (Wildman–Crippen MR) is 162 cm³/mol. The molecule has 2 saturated heterocycles. The number of nitrogens with one attached hydrogen (secondary N) is 1. The van der Waals surface area contributed by atoms with Crippen LogP contribution in [0.25, 0.3) is 0 Å². The van der Waals surface area contributed by atoms with Gasteiger partial charge in [-0.25, -0.2) is 0 Å². The van der Waals surface area contributed by atoms with Crippen LogP contribution < -0.4 is 5.32 Å². The summed E-state index contributed by atoms with van der Waals surface area (Å²) in [6, 6.07) is 5.12. The molecule has 3 aliphatic heterocycles. The average molecular weight is 635 g/mol. The van der Waals surface area contributed by atoms with Crippen molar-refractivity contribution in [2.24, 2.45) is 17.3 Å². The summed E-state index contributed by atoms with van der Waals surface area (Å²) in [7, 11) is 1.34. The Bertz CT molecular complexity index is 1280. The number of amides is 3. The minimum absolute atomic E-state index is 0.0862. The summed E-state index contributed by atoms with van der Waals surface area (Å²) in [5.41, 5.74) is -0.0206. The van der Waals surface area contributed by atoms with Gasteiger partial charge in [0.25, 0.3) is 0 Å². The topological polar surface area (TPSA) is 105 Å². The van der Waals surface area contributed by atoms with Crippen LogP contribution in [0.2, 0.25) is 10.0 Å². The van der Waals surface area contributed by atoms with Gasteiger partial charge in [0.2, 0.25) is 17.7 Å². The molecule has 1 N–H and O–H groups in total. The first-order chi connectivity index (χ1) is 20.6. The number of methoxy groups -OCH3 is 1. The van der Waals surface area contributed by atoms with Gasteiger partial charge in [0, 0.05) is 54.1 Å². The van der Waals surface area contributed by atoms with E-state index >= 15 is 0 Å². The van der Waals surface area contributed by atoms with E-state index in [-0.39, 0.29) is 43.2 Å². The summed E-state index contributed by atoms with van der Waals surface area (Å²) < 4.78 is 11.9. The molecule has 9 nitrogen and oxygen atoms in total. The zero-order valence-corrected chi connectivity index (χ0v) is 26.4. The van der Waals surface area contributed by atoms with E-state index in [4.69, 9.17) is 32.7 Å². The van der Waals surface area contributed by atoms with E-state index in [9.17, 15) is 19.2 Å². The lowest BCUT2D eigenvalue weighted by atomic mass is 9.66. The molecule has 3 fully saturated rings. The molecule has 0 unspecified atom stereocenters. The van der Waals surface area contributed by atoms with Crippen molar-refractivity contribution < 1.29 is 28.7 Å². The molecule has 0 radical (unpaired) electrons. The Morgan fingerprint density at radius 2 is 1.93 bits per heavy atom. The summed E-state index contributed by atoms with van der Waals surface area (Å²) in [5.74, 6) is -1.34. The van der Waals surface area contributed by atoms with Crippen molar-refractivity contribution in [3.05, 3.63) is 45.6 Å². The second-order valence-electron chi connectivity index (χ2n) is 12.3. The Labute approximate surface area is 263 Å². The molecular formula is C32H41Cl2N3O6. The number of halogens is 2. The van der Waals surface area contributed by atoms with Crippen LogP contribution in [0.4, 0.5) is 0 Å². The molecular weight excluding hydrogens is 593 g/mol. The smallest absolute Gasteiger partial charge is 0.320 e. The first kappa shape index (κ1) is 31.8. The molecule has 3 heterocycles. The zero-order chi connectivity index (χ0) is 30.7. The summed E-state index contributed by atoms with van der Waals surface area (Å²) in [6.07, 6.45) is 7.53. The first-order valence-electron chi connectivity index (χ1n) is 15.4. The number of benzene rings is 1. The maximum Gasteiger partial charge on any atom is 0.320 e. The SMILES string of the molecule is COC(=O)[C@]12C[C@H](CC(=O)NCCCN3CCCC3=O)C(=O)N(Cc3ccc(Cl)cc3Cl)C1=C[C@H](C1CCCC1)O[C@@H]2C. The molecule has 0 spiro atoms. The Morgan fingerprint density at radius 1 is 1.16 bits per heavy atom. The number of rotatable bonds is 10. The maximum atomic E-state index is 14.2. The number of esters is 1. The van der Waals surface area contributed by atoms with Crippen molar-refractivity contribution in [3.63, 3.8) is 0 Å². The molecule has 234 valence electrons. The molecule has 0 bridgehead atoms. The third-order valence-corrected chi connectivity index (χ3v) is 10.2. The summed E-state index contributed by atoms with van der Waals surface area (Å²) in [5, 5.41) is 3.80. The number of hydrogen-bond acceptors (Lipinski definition) is 6. The fraction of sp³-hybridized carbons (Fsp3) is 0.625. The van der Waals surface area contributed by atoms with E-state index in [2.05, 4.69) is 5.32 Å². The molecule has 1 saturated carbocycles. The highest BCUT2D eigenvalue weighted by Crippen LogP contribution is 2.52. The molecule has 5 rings (SSSR count). The number of carbonyl (C=O) groups is 4. The normalized spacial score (nSPS) is 27.7. The minimum atomic E-state index is -1.27. The number of piperidine rings is 1. The molecule has 1 aromatic rings. The summed E-state index contributed by atoms with van der Waals surface area (Å²) in [6.45, 7) is 3.72. The predicted octanol–water partition coefficient (Wildman–Crippen LogP) is 4.88. The second-order valence-corrected chi connectivity index (χ2v) is 13.1. The van der Waals surface area contributed by atoms with Crippen LogP contribution in [0, 0.1) is 17.3 Å². The maximum absolute atomic E-state index is 14.2. The molecule has 1 aliphatic carbocycles. The van der Waals surface area contributed by atoms with Crippen LogP contribution in [-0.2, 0) is 35.2 Å². The molecule has 3 amide bonds. The number of carbonyl (C=O) groups excluding carboxylic acids is 4. The van der Waals surface area contributed by atoms with Gasteiger partial charge in [-0.2, -0.15) is 0 Å². The van der Waals surface area contributed by atoms with Gasteiger partial charge in [-0.3, -0.25) is 19.2 Å². The van der Waals surface area contributed by atoms with Crippen molar-refractivity contribution >= 4 is 46.9 Å². The molecule has 4 atom stereocenters. The highest BCUT2D eigenvalue weighted by Gasteiger charge is 2.60. The van der Waals surface area contributed by atoms with Gasteiger partial charge >= 0.3 is 5.97 Å². The van der Waals surface area contributed by atoms with Crippen LogP contribution in [0.1, 0.15) is 70.3 Å². The van der Waals surface area contributed by atoms with E-state index in [1.807, 2.05) is 17.9 Å². The van der Waals surface area contributed by atoms with Crippen molar-refractivity contribution in [1.82, 2.24) is 15.1 Å². The average Bonchev–Trinajstić information content (AvgIpc) is 3.66. The molecule has 1 aromatic carbocycles. The lowest BCUT2D eigenvalue weighted by molar-refractivity contribution is -0.178. The number of ether oxygens (including phenoxy) is 2. The van der Waals surface area contributed by atoms with Crippen molar-refractivity contribution in [2.75, 3.05) is 26.7 Å². The van der Waals surface area contributed by atoms with E-state index in [0.717, 1.165) is 38.6 Å². The van der Waals surface area contributed by atoms with Crippen LogP contribution in [0.5, 0.6) is 0 Å². The fourth-order valence-electron chi connectivity index (χ4n) is 7.27. The van der Waals surface area contributed by atoms with Gasteiger partial charge in [-0.1, -0.05) is 42.1 Å². The van der Waals surface area contributed by atoms with E-state index in [1.54, 1.807) is 23.1 Å². The highest BCUT2D eigenvalue weighted by molar-refractivity contribution is 6.35. The van der Waals surface area contributed by atoms with Gasteiger partial charge in [0.1, 0.15) is 5.41 Å². The Morgan fingerprint density at radius 3 is 2.60 bits per heavy atom. The van der Waals surface area contributed by atoms with Crippen molar-refractivity contribution in [2.45, 2.75) is 83.5 Å². The van der Waals surface area contributed by atoms with Crippen molar-refractivity contribution in [3.8, 4) is 0 Å². The standard InChI is InChI=1S/C32H41Cl2N3O6/c1-20-32(31(41)42-2)18-23(15-28(38)35-12-6-14-36-13-5-9-29(36)39)30(40)37(19-22-10-11-24(33)16-25(22)34)27(32)17-26(43-20)21-7-3-4-8-21/h10-11,16-17,20-21,23,26H,3-9,12-15,18-19H2,1-2H3,(H,35,38)/t20-,23+,26-,32+/m1/s1. The third-order valence-electron chi connectivity index (χ3n) is 9.60. The summed E-state index contributed by atoms with van der Waals surface area (Å²) >= 11 is 12.7. The molecule has 43 heavy (non-hydrogen) atoms. The quantitative estimate of drug-likeness (QED) is 0.291. The second kappa shape index (κ2) is 13.6. The van der Waals surface area contributed by atoms with Crippen LogP contribution in [0.15, 0.2) is 30.0 Å². The monoisotopic (exact) mass is 633 g/mol. The van der Waals surface area contributed by atoms with Gasteiger partial charge in [0.15, 0.2) is 0 Å². The number of nitrogens with zero attached hydrogens (tertiary/aromatic N) is 2. The largest absolute Gasteiger partial charge is 0.468 e. The molecule has 11 heteroatoms. The number of hydrogen-bond donors (Lipinski definition) is 1. The van der Waals surface area contributed by atoms with E-state index in [1.165, 1.54) is 7.11 Å². The Kier molecular flexibility index (Phi) is 10.0. The lowest BCUT2D eigenvalue weighted by Crippen LogP contribution is -2.60. The number of likely N-dealkylation sites (tertiary alicyclic amines) is 2. The third kappa shape index (κ3) is 6.59. The Hall–Kier alpha value is -2.62. The number of fused-ring (bicyclic) bond motifs is 1. The van der Waals surface area contributed by atoms with Crippen LogP contribution in [-0.4, -0.2) is 72.4 Å². The van der Waals surface area contributed by atoms with Crippen molar-refractivity contribution in [1.29, 1.82) is 0 Å². The van der Waals surface area contributed by atoms with Crippen LogP contribution in [0.3, 0.4) is 0 Å².